The van der Waals surface area contributed by atoms with Crippen LogP contribution < -0.4 is 10.2 Å². The predicted octanol–water partition coefficient (Wildman–Crippen LogP) is 6.47. The lowest BCUT2D eigenvalue weighted by molar-refractivity contribution is -0.138. The number of fused-ring (bicyclic) bond motifs is 1. The number of carbonyl (C=O) groups excluding carboxylic acids is 1. The molecule has 5 nitrogen and oxygen atoms in total. The Balaban J connectivity index is 1.10. The number of hydrogen-bond donors (Lipinski definition) is 1. The average Bonchev–Trinajstić information content (AvgIpc) is 2.91. The number of rotatable bonds is 5. The predicted molar refractivity (Wildman–Crippen MR) is 141 cm³/mol. The number of aromatic nitrogens is 1. The Morgan fingerprint density at radius 2 is 1.68 bits per heavy atom. The first-order valence-electron chi connectivity index (χ1n) is 12.8. The average molecular weight is 531 g/mol. The van der Waals surface area contributed by atoms with E-state index in [-0.39, 0.29) is 11.8 Å². The van der Waals surface area contributed by atoms with Gasteiger partial charge in [-0.15, -0.1) is 0 Å². The van der Waals surface area contributed by atoms with Gasteiger partial charge in [-0.25, -0.2) is 0 Å². The molecule has 1 aliphatic carbocycles. The molecule has 2 heterocycles. The molecule has 1 saturated heterocycles. The lowest BCUT2D eigenvalue weighted by Gasteiger charge is -2.39. The molecule has 0 bridgehead atoms. The first-order valence-corrected chi connectivity index (χ1v) is 13.1. The van der Waals surface area contributed by atoms with Crippen molar-refractivity contribution >= 4 is 39.8 Å². The fourth-order valence-electron chi connectivity index (χ4n) is 5.44. The highest BCUT2D eigenvalue weighted by atomic mass is 35.5. The van der Waals surface area contributed by atoms with Crippen molar-refractivity contribution in [2.24, 2.45) is 11.8 Å². The minimum atomic E-state index is -4.39. The molecule has 1 aliphatic heterocycles. The van der Waals surface area contributed by atoms with Crippen LogP contribution in [0.1, 0.15) is 31.2 Å². The number of halogens is 4. The minimum absolute atomic E-state index is 0.0703. The standard InChI is InChI=1S/C28H30ClF3N4O/c29-22-6-8-23(9-7-22)35-13-15-36(16-14-35)27(37)20-3-1-19(2-4-20)18-34-25-11-12-33-26-17-21(28(30,31)32)5-10-24(25)26/h5-12,17,19-20H,1-4,13-16,18H2,(H,33,34)/t19-,20-. The van der Waals surface area contributed by atoms with Crippen molar-refractivity contribution in [1.29, 1.82) is 0 Å². The van der Waals surface area contributed by atoms with Crippen LogP contribution in [-0.2, 0) is 11.0 Å². The fraction of sp³-hybridized carbons (Fsp3) is 0.429. The van der Waals surface area contributed by atoms with Crippen molar-refractivity contribution in [3.63, 3.8) is 0 Å². The van der Waals surface area contributed by atoms with E-state index in [1.54, 1.807) is 6.07 Å². The monoisotopic (exact) mass is 530 g/mol. The number of nitrogens with one attached hydrogen (secondary N) is 1. The normalized spacial score (nSPS) is 20.8. The molecule has 0 radical (unpaired) electrons. The molecule has 196 valence electrons. The highest BCUT2D eigenvalue weighted by Crippen LogP contribution is 2.34. The van der Waals surface area contributed by atoms with Gasteiger partial charge in [0.2, 0.25) is 5.91 Å². The van der Waals surface area contributed by atoms with E-state index >= 15 is 0 Å². The fourth-order valence-corrected chi connectivity index (χ4v) is 5.57. The van der Waals surface area contributed by atoms with E-state index in [1.165, 1.54) is 12.3 Å². The van der Waals surface area contributed by atoms with Crippen LogP contribution in [0.4, 0.5) is 24.5 Å². The van der Waals surface area contributed by atoms with Gasteiger partial charge in [-0.3, -0.25) is 9.78 Å². The second-order valence-corrected chi connectivity index (χ2v) is 10.4. The van der Waals surface area contributed by atoms with Crippen LogP contribution in [0.25, 0.3) is 10.9 Å². The molecule has 1 saturated carbocycles. The molecule has 2 aliphatic rings. The molecule has 0 spiro atoms. The second-order valence-electron chi connectivity index (χ2n) is 9.98. The summed E-state index contributed by atoms with van der Waals surface area (Å²) in [7, 11) is 0. The summed E-state index contributed by atoms with van der Waals surface area (Å²) in [6.45, 7) is 3.82. The molecule has 3 aromatic rings. The lowest BCUT2D eigenvalue weighted by Crippen LogP contribution is -2.50. The third-order valence-corrected chi connectivity index (χ3v) is 7.88. The van der Waals surface area contributed by atoms with Crippen molar-refractivity contribution in [2.75, 3.05) is 42.9 Å². The van der Waals surface area contributed by atoms with Crippen LogP contribution in [0.3, 0.4) is 0 Å². The highest BCUT2D eigenvalue weighted by Gasteiger charge is 2.32. The number of alkyl halides is 3. The zero-order valence-corrected chi connectivity index (χ0v) is 21.2. The van der Waals surface area contributed by atoms with E-state index in [0.717, 1.165) is 86.9 Å². The molecule has 5 rings (SSSR count). The third-order valence-electron chi connectivity index (χ3n) is 7.63. The first kappa shape index (κ1) is 25.6. The van der Waals surface area contributed by atoms with E-state index in [9.17, 15) is 18.0 Å². The number of amides is 1. The Morgan fingerprint density at radius 1 is 0.973 bits per heavy atom. The number of carbonyl (C=O) groups is 1. The van der Waals surface area contributed by atoms with E-state index in [0.29, 0.717) is 16.8 Å². The maximum absolute atomic E-state index is 13.2. The van der Waals surface area contributed by atoms with Gasteiger partial charge in [-0.1, -0.05) is 17.7 Å². The molecule has 1 amide bonds. The van der Waals surface area contributed by atoms with Crippen LogP contribution in [0, 0.1) is 11.8 Å². The van der Waals surface area contributed by atoms with Crippen molar-refractivity contribution in [3.05, 3.63) is 65.3 Å². The van der Waals surface area contributed by atoms with Gasteiger partial charge in [-0.2, -0.15) is 13.2 Å². The van der Waals surface area contributed by atoms with Crippen molar-refractivity contribution in [3.8, 4) is 0 Å². The van der Waals surface area contributed by atoms with Gasteiger partial charge in [0.25, 0.3) is 0 Å². The minimum Gasteiger partial charge on any atom is -0.384 e. The summed E-state index contributed by atoms with van der Waals surface area (Å²) >= 11 is 5.99. The van der Waals surface area contributed by atoms with Crippen LogP contribution in [0.15, 0.2) is 54.7 Å². The molecular formula is C28H30ClF3N4O. The lowest BCUT2D eigenvalue weighted by atomic mass is 9.81. The quantitative estimate of drug-likeness (QED) is 0.410. The summed E-state index contributed by atoms with van der Waals surface area (Å²) in [5.74, 6) is 0.757. The van der Waals surface area contributed by atoms with E-state index < -0.39 is 11.7 Å². The molecule has 1 aromatic heterocycles. The third kappa shape index (κ3) is 5.95. The smallest absolute Gasteiger partial charge is 0.384 e. The van der Waals surface area contributed by atoms with Gasteiger partial charge in [0, 0.05) is 66.6 Å². The molecular weight excluding hydrogens is 501 g/mol. The highest BCUT2D eigenvalue weighted by molar-refractivity contribution is 6.30. The van der Waals surface area contributed by atoms with Gasteiger partial charge >= 0.3 is 6.18 Å². The summed E-state index contributed by atoms with van der Waals surface area (Å²) in [4.78, 5) is 21.6. The maximum atomic E-state index is 13.2. The van der Waals surface area contributed by atoms with Crippen LogP contribution >= 0.6 is 11.6 Å². The molecule has 9 heteroatoms. The Hall–Kier alpha value is -3.00. The summed E-state index contributed by atoms with van der Waals surface area (Å²) < 4.78 is 39.1. The van der Waals surface area contributed by atoms with Crippen LogP contribution in [-0.4, -0.2) is 48.5 Å². The Morgan fingerprint density at radius 3 is 2.35 bits per heavy atom. The number of anilines is 2. The molecule has 2 fully saturated rings. The zero-order chi connectivity index (χ0) is 26.0. The largest absolute Gasteiger partial charge is 0.416 e. The Labute approximate surface area is 219 Å². The zero-order valence-electron chi connectivity index (χ0n) is 20.5. The van der Waals surface area contributed by atoms with Gasteiger partial charge < -0.3 is 15.1 Å². The van der Waals surface area contributed by atoms with Crippen molar-refractivity contribution in [2.45, 2.75) is 31.9 Å². The van der Waals surface area contributed by atoms with Crippen molar-refractivity contribution < 1.29 is 18.0 Å². The van der Waals surface area contributed by atoms with Gasteiger partial charge in [0.1, 0.15) is 0 Å². The first-order chi connectivity index (χ1) is 17.8. The summed E-state index contributed by atoms with van der Waals surface area (Å²) in [6.07, 6.45) is 0.792. The number of hydrogen-bond acceptors (Lipinski definition) is 4. The molecule has 37 heavy (non-hydrogen) atoms. The molecule has 0 unspecified atom stereocenters. The summed E-state index contributed by atoms with van der Waals surface area (Å²) in [6, 6.07) is 13.3. The Kier molecular flexibility index (Phi) is 7.47. The maximum Gasteiger partial charge on any atom is 0.416 e. The van der Waals surface area contributed by atoms with E-state index in [4.69, 9.17) is 11.6 Å². The molecule has 2 aromatic carbocycles. The van der Waals surface area contributed by atoms with E-state index in [1.807, 2.05) is 29.2 Å². The van der Waals surface area contributed by atoms with Crippen LogP contribution in [0.5, 0.6) is 0 Å². The number of benzene rings is 2. The molecule has 1 N–H and O–H groups in total. The van der Waals surface area contributed by atoms with Gasteiger partial charge in [-0.05, 0) is 74.1 Å². The SMILES string of the molecule is O=C([C@H]1CC[C@H](CNc2ccnc3cc(C(F)(F)F)ccc23)CC1)N1CCN(c2ccc(Cl)cc2)CC1. The summed E-state index contributed by atoms with van der Waals surface area (Å²) in [5.41, 5.74) is 1.55. The second kappa shape index (κ2) is 10.8. The van der Waals surface area contributed by atoms with Crippen LogP contribution in [0.2, 0.25) is 5.02 Å². The van der Waals surface area contributed by atoms with Gasteiger partial charge in [0.05, 0.1) is 11.1 Å². The van der Waals surface area contributed by atoms with Gasteiger partial charge in [0.15, 0.2) is 0 Å². The number of nitrogens with zero attached hydrogens (tertiary/aromatic N) is 3. The van der Waals surface area contributed by atoms with Crippen molar-refractivity contribution in [1.82, 2.24) is 9.88 Å². The summed E-state index contributed by atoms with van der Waals surface area (Å²) in [5, 5.41) is 4.81. The van der Waals surface area contributed by atoms with E-state index in [2.05, 4.69) is 15.2 Å². The Bertz CT molecular complexity index is 1230. The number of pyridine rings is 1. The topological polar surface area (TPSA) is 48.5 Å². The molecule has 0 atom stereocenters. The number of piperazine rings is 1.